The molecule has 0 amide bonds. The van der Waals surface area contributed by atoms with E-state index < -0.39 is 0 Å². The van der Waals surface area contributed by atoms with Crippen molar-refractivity contribution in [2.45, 2.75) is 26.2 Å². The third-order valence-corrected chi connectivity index (χ3v) is 2.46. The summed E-state index contributed by atoms with van der Waals surface area (Å²) in [5.41, 5.74) is 0. The molecular formula is C11H22N2. The number of hydrogen-bond acceptors (Lipinski definition) is 2. The van der Waals surface area contributed by atoms with Gasteiger partial charge >= 0.3 is 0 Å². The van der Waals surface area contributed by atoms with E-state index in [0.717, 1.165) is 19.6 Å². The molecular weight excluding hydrogens is 160 g/mol. The second-order valence-corrected chi connectivity index (χ2v) is 3.66. The van der Waals surface area contributed by atoms with Crippen LogP contribution in [0.5, 0.6) is 0 Å². The van der Waals surface area contributed by atoms with Crippen molar-refractivity contribution in [3.05, 3.63) is 12.2 Å². The fourth-order valence-electron chi connectivity index (χ4n) is 1.56. The molecule has 1 heterocycles. The molecule has 2 nitrogen and oxygen atoms in total. The van der Waals surface area contributed by atoms with Crippen LogP contribution in [0.4, 0.5) is 0 Å². The third kappa shape index (κ3) is 5.06. The van der Waals surface area contributed by atoms with Crippen molar-refractivity contribution in [1.29, 1.82) is 0 Å². The molecule has 1 rings (SSSR count). The SMILES string of the molecule is CCCCC=CCN1CCNCC1. The van der Waals surface area contributed by atoms with E-state index in [9.17, 15) is 0 Å². The van der Waals surface area contributed by atoms with Crippen LogP contribution in [0.25, 0.3) is 0 Å². The Balaban J connectivity index is 2.00. The van der Waals surface area contributed by atoms with Crippen molar-refractivity contribution < 1.29 is 0 Å². The van der Waals surface area contributed by atoms with Gasteiger partial charge in [-0.15, -0.1) is 0 Å². The largest absolute Gasteiger partial charge is 0.314 e. The van der Waals surface area contributed by atoms with Gasteiger partial charge in [-0.3, -0.25) is 4.90 Å². The maximum atomic E-state index is 3.36. The third-order valence-electron chi connectivity index (χ3n) is 2.46. The molecule has 13 heavy (non-hydrogen) atoms. The van der Waals surface area contributed by atoms with Crippen LogP contribution < -0.4 is 5.32 Å². The second kappa shape index (κ2) is 7.10. The van der Waals surface area contributed by atoms with Crippen LogP contribution in [-0.2, 0) is 0 Å². The van der Waals surface area contributed by atoms with Crippen molar-refractivity contribution in [3.63, 3.8) is 0 Å². The molecule has 0 aliphatic carbocycles. The summed E-state index contributed by atoms with van der Waals surface area (Å²) in [6, 6.07) is 0. The first-order valence-electron chi connectivity index (χ1n) is 5.51. The zero-order chi connectivity index (χ0) is 9.36. The van der Waals surface area contributed by atoms with Gasteiger partial charge < -0.3 is 5.32 Å². The van der Waals surface area contributed by atoms with Crippen LogP contribution in [0.3, 0.4) is 0 Å². The minimum atomic E-state index is 1.14. The van der Waals surface area contributed by atoms with Gasteiger partial charge in [-0.2, -0.15) is 0 Å². The lowest BCUT2D eigenvalue weighted by molar-refractivity contribution is 0.264. The molecule has 76 valence electrons. The first-order valence-corrected chi connectivity index (χ1v) is 5.51. The van der Waals surface area contributed by atoms with E-state index in [2.05, 4.69) is 29.3 Å². The zero-order valence-corrected chi connectivity index (χ0v) is 8.76. The van der Waals surface area contributed by atoms with E-state index in [-0.39, 0.29) is 0 Å². The molecule has 0 radical (unpaired) electrons. The second-order valence-electron chi connectivity index (χ2n) is 3.66. The number of allylic oxidation sites excluding steroid dienone is 1. The average molecular weight is 182 g/mol. The summed E-state index contributed by atoms with van der Waals surface area (Å²) >= 11 is 0. The maximum Gasteiger partial charge on any atom is 0.0164 e. The van der Waals surface area contributed by atoms with Crippen LogP contribution in [0.15, 0.2) is 12.2 Å². The van der Waals surface area contributed by atoms with Gasteiger partial charge in [-0.1, -0.05) is 31.9 Å². The van der Waals surface area contributed by atoms with E-state index in [1.807, 2.05) is 0 Å². The highest BCUT2D eigenvalue weighted by atomic mass is 15.2. The lowest BCUT2D eigenvalue weighted by atomic mass is 10.2. The summed E-state index contributed by atoms with van der Waals surface area (Å²) < 4.78 is 0. The van der Waals surface area contributed by atoms with Crippen LogP contribution in [-0.4, -0.2) is 37.6 Å². The molecule has 1 saturated heterocycles. The van der Waals surface area contributed by atoms with Gasteiger partial charge in [0.1, 0.15) is 0 Å². The maximum absolute atomic E-state index is 3.36. The van der Waals surface area contributed by atoms with Crippen LogP contribution in [0.1, 0.15) is 26.2 Å². The van der Waals surface area contributed by atoms with Crippen LogP contribution in [0.2, 0.25) is 0 Å². The van der Waals surface area contributed by atoms with Gasteiger partial charge in [0.15, 0.2) is 0 Å². The van der Waals surface area contributed by atoms with Gasteiger partial charge in [0.2, 0.25) is 0 Å². The first-order chi connectivity index (χ1) is 6.43. The van der Waals surface area contributed by atoms with Crippen molar-refractivity contribution >= 4 is 0 Å². The molecule has 0 bridgehead atoms. The highest BCUT2D eigenvalue weighted by molar-refractivity contribution is 4.85. The summed E-state index contributed by atoms with van der Waals surface area (Å²) in [6.07, 6.45) is 8.53. The normalized spacial score (nSPS) is 19.8. The average Bonchev–Trinajstić information content (AvgIpc) is 2.19. The summed E-state index contributed by atoms with van der Waals surface area (Å²) in [5.74, 6) is 0. The lowest BCUT2D eigenvalue weighted by Gasteiger charge is -2.25. The Morgan fingerprint density at radius 1 is 1.23 bits per heavy atom. The predicted molar refractivity (Wildman–Crippen MR) is 58.0 cm³/mol. The van der Waals surface area contributed by atoms with Crippen molar-refractivity contribution in [1.82, 2.24) is 10.2 Å². The number of unbranched alkanes of at least 4 members (excludes halogenated alkanes) is 2. The highest BCUT2D eigenvalue weighted by Crippen LogP contribution is 1.96. The molecule has 1 aliphatic rings. The molecule has 0 atom stereocenters. The number of hydrogen-bond donors (Lipinski definition) is 1. The summed E-state index contributed by atoms with van der Waals surface area (Å²) in [4.78, 5) is 2.50. The minimum Gasteiger partial charge on any atom is -0.314 e. The fraction of sp³-hybridized carbons (Fsp3) is 0.818. The van der Waals surface area contributed by atoms with Gasteiger partial charge in [-0.05, 0) is 6.42 Å². The molecule has 0 unspecified atom stereocenters. The van der Waals surface area contributed by atoms with Gasteiger partial charge in [-0.25, -0.2) is 0 Å². The zero-order valence-electron chi connectivity index (χ0n) is 8.76. The lowest BCUT2D eigenvalue weighted by Crippen LogP contribution is -2.43. The van der Waals surface area contributed by atoms with Crippen molar-refractivity contribution in [2.24, 2.45) is 0 Å². The fourth-order valence-corrected chi connectivity index (χ4v) is 1.56. The van der Waals surface area contributed by atoms with E-state index >= 15 is 0 Å². The molecule has 0 saturated carbocycles. The molecule has 0 aromatic rings. The number of nitrogens with zero attached hydrogens (tertiary/aromatic N) is 1. The van der Waals surface area contributed by atoms with E-state index in [0.29, 0.717) is 0 Å². The number of rotatable bonds is 5. The molecule has 1 aliphatic heterocycles. The highest BCUT2D eigenvalue weighted by Gasteiger charge is 2.05. The monoisotopic (exact) mass is 182 g/mol. The standard InChI is InChI=1S/C11H22N2/c1-2-3-4-5-6-9-13-10-7-12-8-11-13/h5-6,12H,2-4,7-11H2,1H3. The molecule has 1 N–H and O–H groups in total. The van der Waals surface area contributed by atoms with Crippen molar-refractivity contribution in [3.8, 4) is 0 Å². The summed E-state index contributed by atoms with van der Waals surface area (Å²) in [6.45, 7) is 8.11. The molecule has 0 spiro atoms. The topological polar surface area (TPSA) is 15.3 Å². The minimum absolute atomic E-state index is 1.14. The van der Waals surface area contributed by atoms with Gasteiger partial charge in [0.05, 0.1) is 0 Å². The Labute approximate surface area is 82.0 Å². The Kier molecular flexibility index (Phi) is 5.87. The van der Waals surface area contributed by atoms with Crippen LogP contribution in [0, 0.1) is 0 Å². The smallest absolute Gasteiger partial charge is 0.0164 e. The molecule has 2 heteroatoms. The van der Waals surface area contributed by atoms with Gasteiger partial charge in [0.25, 0.3) is 0 Å². The summed E-state index contributed by atoms with van der Waals surface area (Å²) in [7, 11) is 0. The summed E-state index contributed by atoms with van der Waals surface area (Å²) in [5, 5.41) is 3.36. The van der Waals surface area contributed by atoms with E-state index in [1.54, 1.807) is 0 Å². The van der Waals surface area contributed by atoms with Gasteiger partial charge in [0, 0.05) is 32.7 Å². The Hall–Kier alpha value is -0.340. The molecule has 1 fully saturated rings. The molecule has 0 aromatic heterocycles. The van der Waals surface area contributed by atoms with E-state index in [4.69, 9.17) is 0 Å². The van der Waals surface area contributed by atoms with Crippen LogP contribution >= 0.6 is 0 Å². The quantitative estimate of drug-likeness (QED) is 0.513. The van der Waals surface area contributed by atoms with E-state index in [1.165, 1.54) is 32.4 Å². The Morgan fingerprint density at radius 3 is 2.69 bits per heavy atom. The number of nitrogens with one attached hydrogen (secondary N) is 1. The Morgan fingerprint density at radius 2 is 2.00 bits per heavy atom. The molecule has 0 aromatic carbocycles. The predicted octanol–water partition coefficient (Wildman–Crippen LogP) is 1.64. The number of piperazine rings is 1. The van der Waals surface area contributed by atoms with Crippen molar-refractivity contribution in [2.75, 3.05) is 32.7 Å². The Bertz CT molecular complexity index is 137. The first kappa shape index (κ1) is 10.7.